The van der Waals surface area contributed by atoms with E-state index in [1.807, 2.05) is 22.7 Å². The maximum atomic E-state index is 6.62. The number of thiophene rings is 4. The molecule has 0 spiro atoms. The van der Waals surface area contributed by atoms with Crippen LogP contribution in [0.3, 0.4) is 0 Å². The van der Waals surface area contributed by atoms with Crippen LogP contribution in [0.25, 0.3) is 40.4 Å². The Bertz CT molecular complexity index is 2110. The third kappa shape index (κ3) is 9.05. The molecule has 48 heavy (non-hydrogen) atoms. The number of hydrogen-bond acceptors (Lipinski definition) is 6. The second-order valence-corrected chi connectivity index (χ2v) is 16.2. The van der Waals surface area contributed by atoms with Gasteiger partial charge in [0, 0.05) is 67.9 Å². The Morgan fingerprint density at radius 3 is 1.69 bits per heavy atom. The van der Waals surface area contributed by atoms with Crippen molar-refractivity contribution in [1.82, 2.24) is 0 Å². The van der Waals surface area contributed by atoms with E-state index in [9.17, 15) is 0 Å². The summed E-state index contributed by atoms with van der Waals surface area (Å²) in [4.78, 5) is 9.94. The third-order valence-corrected chi connectivity index (χ3v) is 12.5. The molecule has 1 aromatic carbocycles. The molecule has 0 fully saturated rings. The zero-order valence-electron chi connectivity index (χ0n) is 28.1. The van der Waals surface area contributed by atoms with E-state index in [1.165, 1.54) is 72.5 Å². The van der Waals surface area contributed by atoms with Crippen molar-refractivity contribution in [2.75, 3.05) is 6.61 Å². The lowest BCUT2D eigenvalue weighted by Gasteiger charge is -2.15. The van der Waals surface area contributed by atoms with E-state index in [4.69, 9.17) is 15.9 Å². The van der Waals surface area contributed by atoms with Gasteiger partial charge in [-0.1, -0.05) is 39.0 Å². The van der Waals surface area contributed by atoms with Crippen LogP contribution in [0.1, 0.15) is 66.3 Å². The summed E-state index contributed by atoms with van der Waals surface area (Å²) in [6.45, 7) is 11.6. The zero-order valence-corrected chi connectivity index (χ0v) is 31.4. The van der Waals surface area contributed by atoms with Crippen molar-refractivity contribution in [2.45, 2.75) is 73.1 Å². The lowest BCUT2D eigenvalue weighted by atomic mass is 10.1. The third-order valence-electron chi connectivity index (χ3n) is 7.64. The van der Waals surface area contributed by atoms with E-state index in [0.717, 1.165) is 33.1 Å². The fraction of sp³-hybridized carbons (Fsp3) is 0.286. The minimum absolute atomic E-state index is 0.659. The van der Waals surface area contributed by atoms with Gasteiger partial charge < -0.3 is 9.47 Å². The van der Waals surface area contributed by atoms with Crippen molar-refractivity contribution in [3.63, 3.8) is 0 Å². The Morgan fingerprint density at radius 2 is 1.10 bits per heavy atom. The smallest absolute Gasteiger partial charge is 0.149 e. The van der Waals surface area contributed by atoms with Gasteiger partial charge in [0.2, 0.25) is 0 Å². The predicted molar refractivity (Wildman–Crippen MR) is 210 cm³/mol. The van der Waals surface area contributed by atoms with Crippen molar-refractivity contribution in [3.8, 4) is 99.9 Å². The molecule has 0 unspecified atom stereocenters. The Labute approximate surface area is 302 Å². The summed E-state index contributed by atoms with van der Waals surface area (Å²) >= 11 is 7.20. The van der Waals surface area contributed by atoms with Crippen LogP contribution in [0.15, 0.2) is 48.5 Å². The number of ether oxygens (including phenoxy) is 2. The molecule has 0 N–H and O–H groups in total. The number of unbranched alkanes of at least 4 members (excludes halogenated alkanes) is 5. The molecule has 0 aliphatic rings. The molecule has 5 aromatic rings. The van der Waals surface area contributed by atoms with Gasteiger partial charge in [-0.2, -0.15) is 0 Å². The normalized spacial score (nSPS) is 10.2. The van der Waals surface area contributed by atoms with Gasteiger partial charge in [0.1, 0.15) is 17.6 Å². The Hall–Kier alpha value is -4.14. The second kappa shape index (κ2) is 17.3. The van der Waals surface area contributed by atoms with Gasteiger partial charge in [-0.05, 0) is 112 Å². The van der Waals surface area contributed by atoms with Crippen LogP contribution < -0.4 is 9.47 Å². The molecule has 0 saturated heterocycles. The molecule has 0 radical (unpaired) electrons. The molecule has 5 rings (SSSR count). The molecule has 0 bridgehead atoms. The van der Waals surface area contributed by atoms with Crippen LogP contribution in [-0.4, -0.2) is 6.61 Å². The summed E-state index contributed by atoms with van der Waals surface area (Å²) in [5.74, 6) is 16.9. The molecule has 6 heteroatoms. The maximum absolute atomic E-state index is 6.62. The first-order valence-electron chi connectivity index (χ1n) is 16.2. The Balaban J connectivity index is 1.56. The number of terminal acetylenes is 1. The van der Waals surface area contributed by atoms with E-state index >= 15 is 0 Å². The van der Waals surface area contributed by atoms with Gasteiger partial charge in [0.05, 0.1) is 6.61 Å². The highest BCUT2D eigenvalue weighted by Crippen LogP contribution is 2.48. The number of rotatable bonds is 13. The van der Waals surface area contributed by atoms with Gasteiger partial charge in [-0.25, -0.2) is 0 Å². The monoisotopic (exact) mass is 702 g/mol. The summed E-state index contributed by atoms with van der Waals surface area (Å²) < 4.78 is 12.8. The fourth-order valence-corrected chi connectivity index (χ4v) is 9.89. The maximum Gasteiger partial charge on any atom is 0.149 e. The average Bonchev–Trinajstić information content (AvgIpc) is 3.87. The molecule has 2 nitrogen and oxygen atoms in total. The molecule has 0 amide bonds. The van der Waals surface area contributed by atoms with Crippen molar-refractivity contribution in [2.24, 2.45) is 0 Å². The van der Waals surface area contributed by atoms with Gasteiger partial charge in [-0.3, -0.25) is 0 Å². The molecule has 0 saturated carbocycles. The first-order valence-corrected chi connectivity index (χ1v) is 19.4. The van der Waals surface area contributed by atoms with Crippen molar-refractivity contribution >= 4 is 45.3 Å². The van der Waals surface area contributed by atoms with Crippen LogP contribution in [0, 0.1) is 75.7 Å². The minimum Gasteiger partial charge on any atom is -0.493 e. The zero-order chi connectivity index (χ0) is 33.9. The topological polar surface area (TPSA) is 18.5 Å². The molecule has 4 heterocycles. The van der Waals surface area contributed by atoms with Gasteiger partial charge >= 0.3 is 0 Å². The van der Waals surface area contributed by atoms with Crippen LogP contribution in [0.2, 0.25) is 0 Å². The summed E-state index contributed by atoms with van der Waals surface area (Å²) in [6.07, 6.45) is 15.2. The molecule has 0 atom stereocenters. The van der Waals surface area contributed by atoms with E-state index in [0.29, 0.717) is 12.4 Å². The molecular weight excluding hydrogens is 665 g/mol. The summed E-state index contributed by atoms with van der Waals surface area (Å²) in [5.41, 5.74) is 4.53. The van der Waals surface area contributed by atoms with Crippen molar-refractivity contribution < 1.29 is 9.47 Å². The van der Waals surface area contributed by atoms with E-state index in [1.54, 1.807) is 22.7 Å². The standard InChI is InChI=1S/C42H38O2S4/c1-7-9-11-13-15-17-23-43-35-27-34(38-20-22-40(48-38)42-30(4)26-32(6)46-42)36(44-24-18-16-14-12-10-8-2)28-33(35)37-19-21-39(47-37)41-29(3)25-31(5)45-41/h1,19-22,25-28H,8,10,12,14,16,18,24H2,2-6H3. The van der Waals surface area contributed by atoms with Crippen LogP contribution in [-0.2, 0) is 0 Å². The second-order valence-electron chi connectivity index (χ2n) is 11.5. The highest BCUT2D eigenvalue weighted by molar-refractivity contribution is 7.24. The van der Waals surface area contributed by atoms with Gasteiger partial charge in [0.15, 0.2) is 0 Å². The molecule has 242 valence electrons. The fourth-order valence-electron chi connectivity index (χ4n) is 5.43. The Kier molecular flexibility index (Phi) is 12.7. The molecular formula is C42H38O2S4. The van der Waals surface area contributed by atoms with Crippen LogP contribution in [0.5, 0.6) is 11.5 Å². The van der Waals surface area contributed by atoms with Crippen LogP contribution >= 0.6 is 45.3 Å². The Morgan fingerprint density at radius 1 is 0.583 bits per heavy atom. The van der Waals surface area contributed by atoms with Gasteiger partial charge in [0.25, 0.3) is 0 Å². The van der Waals surface area contributed by atoms with Crippen molar-refractivity contribution in [1.29, 1.82) is 0 Å². The average molecular weight is 703 g/mol. The largest absolute Gasteiger partial charge is 0.493 e. The SMILES string of the molecule is C#CC#CC#CC#COc1cc(-c2ccc(-c3sc(C)cc3C)s2)c(OCCCCCCCC)cc1-c1ccc(-c2sc(C)cc2C)s1. The highest BCUT2D eigenvalue weighted by Gasteiger charge is 2.20. The summed E-state index contributed by atoms with van der Waals surface area (Å²) in [5, 5.41) is 0. The minimum atomic E-state index is 0.659. The quantitative estimate of drug-likeness (QED) is 0.0898. The predicted octanol–water partition coefficient (Wildman–Crippen LogP) is 12.6. The van der Waals surface area contributed by atoms with Crippen molar-refractivity contribution in [3.05, 3.63) is 69.4 Å². The van der Waals surface area contributed by atoms with Gasteiger partial charge in [-0.15, -0.1) is 51.8 Å². The van der Waals surface area contributed by atoms with Crippen LogP contribution in [0.4, 0.5) is 0 Å². The lowest BCUT2D eigenvalue weighted by Crippen LogP contribution is -2.00. The first-order chi connectivity index (χ1) is 23.4. The number of aryl methyl sites for hydroxylation is 4. The number of benzene rings is 1. The number of hydrogen-bond donors (Lipinski definition) is 0. The summed E-state index contributed by atoms with van der Waals surface area (Å²) in [6, 6.07) is 17.5. The van der Waals surface area contributed by atoms with E-state index in [-0.39, 0.29) is 0 Å². The van der Waals surface area contributed by atoms with E-state index in [2.05, 4.69) is 125 Å². The van der Waals surface area contributed by atoms with E-state index < -0.39 is 0 Å². The lowest BCUT2D eigenvalue weighted by molar-refractivity contribution is 0.305. The highest BCUT2D eigenvalue weighted by atomic mass is 32.1. The molecule has 4 aromatic heterocycles. The molecule has 0 aliphatic heterocycles. The first kappa shape index (κ1) is 35.2. The summed E-state index contributed by atoms with van der Waals surface area (Å²) in [7, 11) is 0. The molecule has 0 aliphatic carbocycles.